The van der Waals surface area contributed by atoms with E-state index in [2.05, 4.69) is 19.0 Å². The van der Waals surface area contributed by atoms with Crippen LogP contribution in [0.25, 0.3) is 0 Å². The van der Waals surface area contributed by atoms with Gasteiger partial charge in [0.2, 0.25) is 0 Å². The van der Waals surface area contributed by atoms with Gasteiger partial charge in [-0.15, -0.1) is 0 Å². The van der Waals surface area contributed by atoms with Crippen molar-refractivity contribution in [3.63, 3.8) is 0 Å². The summed E-state index contributed by atoms with van der Waals surface area (Å²) in [5.41, 5.74) is 0.703. The van der Waals surface area contributed by atoms with Gasteiger partial charge in [-0.05, 0) is 67.6 Å². The molecule has 3 nitrogen and oxygen atoms in total. The molecule has 0 aromatic heterocycles. The molecule has 4 aliphatic rings. The standard InChI is InChI=1S/C19H29NO2/c1-18-9-4-3-5-12(18)6-7-13-14(18)8-10-19(2)15(13)11-16(20-22)17(19)21/h12-15,22H,3-11H2,1-2H3/b20-16-/t12-,13-,14+,15+,18+,19+/m1/s1. The number of carbonyl (C=O) groups is 1. The Labute approximate surface area is 133 Å². The molecule has 1 N–H and O–H groups in total. The fourth-order valence-corrected chi connectivity index (χ4v) is 6.99. The molecule has 4 saturated carbocycles. The van der Waals surface area contributed by atoms with E-state index in [9.17, 15) is 10.0 Å². The third-order valence-corrected chi connectivity index (χ3v) is 8.29. The quantitative estimate of drug-likeness (QED) is 0.531. The van der Waals surface area contributed by atoms with Gasteiger partial charge in [-0.3, -0.25) is 4.79 Å². The molecule has 0 aliphatic heterocycles. The summed E-state index contributed by atoms with van der Waals surface area (Å²) in [7, 11) is 0. The fraction of sp³-hybridized carbons (Fsp3) is 0.895. The summed E-state index contributed by atoms with van der Waals surface area (Å²) in [6, 6.07) is 0. The van der Waals surface area contributed by atoms with Crippen LogP contribution in [-0.2, 0) is 4.79 Å². The second kappa shape index (κ2) is 4.82. The Hall–Kier alpha value is -0.860. The summed E-state index contributed by atoms with van der Waals surface area (Å²) in [6.45, 7) is 4.69. The van der Waals surface area contributed by atoms with Crippen molar-refractivity contribution < 1.29 is 10.0 Å². The largest absolute Gasteiger partial charge is 0.411 e. The lowest BCUT2D eigenvalue weighted by Gasteiger charge is -2.59. The Morgan fingerprint density at radius 2 is 1.86 bits per heavy atom. The third kappa shape index (κ3) is 1.74. The van der Waals surface area contributed by atoms with Gasteiger partial charge in [0.15, 0.2) is 5.78 Å². The van der Waals surface area contributed by atoms with Crippen molar-refractivity contribution in [3.8, 4) is 0 Å². The van der Waals surface area contributed by atoms with E-state index in [0.717, 1.165) is 18.3 Å². The van der Waals surface area contributed by atoms with Gasteiger partial charge in [-0.1, -0.05) is 31.8 Å². The van der Waals surface area contributed by atoms with Crippen molar-refractivity contribution in [1.29, 1.82) is 0 Å². The Bertz CT molecular complexity index is 528. The van der Waals surface area contributed by atoms with Crippen molar-refractivity contribution in [2.75, 3.05) is 0 Å². The zero-order chi connectivity index (χ0) is 15.5. The van der Waals surface area contributed by atoms with Crippen LogP contribution in [-0.4, -0.2) is 16.7 Å². The lowest BCUT2D eigenvalue weighted by Crippen LogP contribution is -2.52. The van der Waals surface area contributed by atoms with Gasteiger partial charge < -0.3 is 5.21 Å². The summed E-state index contributed by atoms with van der Waals surface area (Å²) in [6.07, 6.45) is 11.2. The van der Waals surface area contributed by atoms with Gasteiger partial charge in [0.05, 0.1) is 0 Å². The average molecular weight is 303 g/mol. The van der Waals surface area contributed by atoms with Crippen LogP contribution in [0.15, 0.2) is 5.16 Å². The molecule has 4 aliphatic carbocycles. The van der Waals surface area contributed by atoms with E-state index in [0.29, 0.717) is 29.4 Å². The molecule has 4 rings (SSSR count). The van der Waals surface area contributed by atoms with E-state index in [4.69, 9.17) is 0 Å². The molecule has 22 heavy (non-hydrogen) atoms. The molecule has 0 unspecified atom stereocenters. The number of oxime groups is 1. The predicted octanol–water partition coefficient (Wildman–Crippen LogP) is 4.43. The number of hydrogen-bond donors (Lipinski definition) is 1. The molecule has 0 aromatic carbocycles. The Morgan fingerprint density at radius 3 is 2.64 bits per heavy atom. The van der Waals surface area contributed by atoms with Gasteiger partial charge in [0, 0.05) is 11.8 Å². The van der Waals surface area contributed by atoms with E-state index in [1.54, 1.807) is 0 Å². The van der Waals surface area contributed by atoms with Crippen LogP contribution in [0.3, 0.4) is 0 Å². The maximum absolute atomic E-state index is 12.6. The van der Waals surface area contributed by atoms with E-state index < -0.39 is 0 Å². The van der Waals surface area contributed by atoms with Crippen LogP contribution in [0.1, 0.15) is 71.6 Å². The molecule has 0 radical (unpaired) electrons. The number of Topliss-reactive ketones (excluding diaryl/α,β-unsaturated/α-hetero) is 1. The lowest BCUT2D eigenvalue weighted by molar-refractivity contribution is -0.136. The number of nitrogens with zero attached hydrogens (tertiary/aromatic N) is 1. The molecular formula is C19H29NO2. The minimum Gasteiger partial charge on any atom is -0.411 e. The molecule has 122 valence electrons. The van der Waals surface area contributed by atoms with Gasteiger partial charge in [-0.2, -0.15) is 0 Å². The first kappa shape index (κ1) is 14.7. The Kier molecular flexibility index (Phi) is 3.22. The molecule has 0 amide bonds. The Balaban J connectivity index is 1.68. The highest BCUT2D eigenvalue weighted by Crippen LogP contribution is 2.65. The first-order valence-electron chi connectivity index (χ1n) is 9.26. The number of hydrogen-bond acceptors (Lipinski definition) is 3. The highest BCUT2D eigenvalue weighted by Gasteiger charge is 2.61. The monoisotopic (exact) mass is 303 g/mol. The van der Waals surface area contributed by atoms with Gasteiger partial charge in [-0.25, -0.2) is 0 Å². The molecule has 0 aromatic rings. The maximum atomic E-state index is 12.6. The van der Waals surface area contributed by atoms with Gasteiger partial charge in [0.1, 0.15) is 5.71 Å². The maximum Gasteiger partial charge on any atom is 0.186 e. The van der Waals surface area contributed by atoms with Gasteiger partial charge >= 0.3 is 0 Å². The van der Waals surface area contributed by atoms with Crippen LogP contribution in [0, 0.1) is 34.5 Å². The summed E-state index contributed by atoms with van der Waals surface area (Å²) in [4.78, 5) is 12.6. The minimum absolute atomic E-state index is 0.134. The second-order valence-corrected chi connectivity index (χ2v) is 8.94. The molecule has 0 bridgehead atoms. The molecule has 0 heterocycles. The third-order valence-electron chi connectivity index (χ3n) is 8.29. The van der Waals surface area contributed by atoms with E-state index >= 15 is 0 Å². The van der Waals surface area contributed by atoms with Crippen LogP contribution in [0.5, 0.6) is 0 Å². The van der Waals surface area contributed by atoms with Crippen molar-refractivity contribution in [2.45, 2.75) is 71.6 Å². The average Bonchev–Trinajstić information content (AvgIpc) is 2.78. The highest BCUT2D eigenvalue weighted by molar-refractivity contribution is 6.43. The van der Waals surface area contributed by atoms with Crippen molar-refractivity contribution in [2.24, 2.45) is 39.7 Å². The molecular weight excluding hydrogens is 274 g/mol. The second-order valence-electron chi connectivity index (χ2n) is 8.94. The normalized spacial score (nSPS) is 53.0. The predicted molar refractivity (Wildman–Crippen MR) is 86.0 cm³/mol. The van der Waals surface area contributed by atoms with Crippen LogP contribution in [0.2, 0.25) is 0 Å². The highest BCUT2D eigenvalue weighted by atomic mass is 16.4. The molecule has 6 atom stereocenters. The van der Waals surface area contributed by atoms with Crippen LogP contribution < -0.4 is 0 Å². The SMILES string of the molecule is C[C@]12CCCC[C@@H]1CC[C@@H]1[C@@H]2CC[C@]2(C)C(=O)/C(=N\O)C[C@@H]12. The molecule has 0 spiro atoms. The summed E-state index contributed by atoms with van der Waals surface area (Å²) < 4.78 is 0. The number of ketones is 1. The first-order chi connectivity index (χ1) is 10.5. The zero-order valence-corrected chi connectivity index (χ0v) is 14.0. The molecule has 4 fully saturated rings. The summed E-state index contributed by atoms with van der Waals surface area (Å²) in [5.74, 6) is 2.92. The first-order valence-corrected chi connectivity index (χ1v) is 9.26. The van der Waals surface area contributed by atoms with Gasteiger partial charge in [0.25, 0.3) is 0 Å². The van der Waals surface area contributed by atoms with E-state index in [1.165, 1.54) is 44.9 Å². The zero-order valence-electron chi connectivity index (χ0n) is 14.0. The minimum atomic E-state index is -0.249. The smallest absolute Gasteiger partial charge is 0.186 e. The van der Waals surface area contributed by atoms with Crippen molar-refractivity contribution in [3.05, 3.63) is 0 Å². The topological polar surface area (TPSA) is 49.7 Å². The van der Waals surface area contributed by atoms with Crippen LogP contribution in [0.4, 0.5) is 0 Å². The number of rotatable bonds is 0. The lowest BCUT2D eigenvalue weighted by atomic mass is 9.45. The summed E-state index contributed by atoms with van der Waals surface area (Å²) in [5, 5.41) is 12.5. The number of fused-ring (bicyclic) bond motifs is 5. The number of carbonyl (C=O) groups excluding carboxylic acids is 1. The fourth-order valence-electron chi connectivity index (χ4n) is 6.99. The Morgan fingerprint density at radius 1 is 1.05 bits per heavy atom. The van der Waals surface area contributed by atoms with Crippen molar-refractivity contribution >= 4 is 11.5 Å². The molecule has 0 saturated heterocycles. The molecule has 3 heteroatoms. The van der Waals surface area contributed by atoms with E-state index in [1.807, 2.05) is 0 Å². The van der Waals surface area contributed by atoms with Crippen molar-refractivity contribution in [1.82, 2.24) is 0 Å². The van der Waals surface area contributed by atoms with E-state index in [-0.39, 0.29) is 11.2 Å². The summed E-state index contributed by atoms with van der Waals surface area (Å²) >= 11 is 0. The van der Waals surface area contributed by atoms with Crippen LogP contribution >= 0.6 is 0 Å².